The van der Waals surface area contributed by atoms with Crippen molar-refractivity contribution in [2.24, 2.45) is 5.92 Å². The summed E-state index contributed by atoms with van der Waals surface area (Å²) >= 11 is 0. The highest BCUT2D eigenvalue weighted by molar-refractivity contribution is 5.48. The molecule has 0 amide bonds. The van der Waals surface area contributed by atoms with E-state index in [-0.39, 0.29) is 6.04 Å². The fourth-order valence-corrected chi connectivity index (χ4v) is 6.60. The molecule has 1 unspecified atom stereocenters. The topological polar surface area (TPSA) is 53.3 Å². The predicted octanol–water partition coefficient (Wildman–Crippen LogP) is 5.40. The van der Waals surface area contributed by atoms with Crippen molar-refractivity contribution in [2.45, 2.75) is 44.3 Å². The van der Waals surface area contributed by atoms with Gasteiger partial charge in [-0.2, -0.15) is 0 Å². The van der Waals surface area contributed by atoms with Gasteiger partial charge >= 0.3 is 0 Å². The third-order valence-corrected chi connectivity index (χ3v) is 8.89. The zero-order valence-corrected chi connectivity index (χ0v) is 24.1. The Morgan fingerprint density at radius 2 is 1.56 bits per heavy atom. The van der Waals surface area contributed by atoms with Crippen molar-refractivity contribution in [1.29, 1.82) is 0 Å². The number of likely N-dealkylation sites (tertiary alicyclic amines) is 1. The van der Waals surface area contributed by atoms with Gasteiger partial charge in [-0.25, -0.2) is 4.68 Å². The molecule has 7 heteroatoms. The second kappa shape index (κ2) is 14.0. The van der Waals surface area contributed by atoms with Gasteiger partial charge in [0.2, 0.25) is 0 Å². The minimum Gasteiger partial charge on any atom is -0.299 e. The smallest absolute Gasteiger partial charge is 0.169 e. The first-order valence-electron chi connectivity index (χ1n) is 15.4. The van der Waals surface area contributed by atoms with Crippen LogP contribution in [0.5, 0.6) is 0 Å². The first kappa shape index (κ1) is 27.8. The maximum absolute atomic E-state index is 4.73. The van der Waals surface area contributed by atoms with E-state index in [2.05, 4.69) is 127 Å². The molecule has 0 bridgehead atoms. The molecule has 7 nitrogen and oxygen atoms in total. The number of benzene rings is 2. The van der Waals surface area contributed by atoms with Crippen LogP contribution < -0.4 is 0 Å². The highest BCUT2D eigenvalue weighted by Gasteiger charge is 2.36. The van der Waals surface area contributed by atoms with Crippen LogP contribution in [0.4, 0.5) is 0 Å². The molecule has 0 spiro atoms. The van der Waals surface area contributed by atoms with Crippen LogP contribution in [-0.4, -0.2) is 80.7 Å². The van der Waals surface area contributed by atoms with Crippen LogP contribution in [0, 0.1) is 5.92 Å². The van der Waals surface area contributed by atoms with E-state index in [1.54, 1.807) is 0 Å². The van der Waals surface area contributed by atoms with Crippen LogP contribution in [0.15, 0.2) is 91.0 Å². The number of hydrogen-bond donors (Lipinski definition) is 0. The maximum atomic E-state index is 4.73. The summed E-state index contributed by atoms with van der Waals surface area (Å²) < 4.78 is 2.20. The van der Waals surface area contributed by atoms with E-state index in [0.29, 0.717) is 12.0 Å². The summed E-state index contributed by atoms with van der Waals surface area (Å²) in [6.45, 7) is 8.34. The maximum Gasteiger partial charge on any atom is 0.169 e. The molecule has 3 aromatic rings. The molecule has 41 heavy (non-hydrogen) atoms. The monoisotopic (exact) mass is 549 g/mol. The summed E-state index contributed by atoms with van der Waals surface area (Å²) in [5.74, 6) is 1.46. The Labute approximate surface area is 244 Å². The predicted molar refractivity (Wildman–Crippen MR) is 165 cm³/mol. The second-order valence-corrected chi connectivity index (χ2v) is 11.6. The van der Waals surface area contributed by atoms with Crippen LogP contribution >= 0.6 is 0 Å². The Hall–Kier alpha value is -3.39. The van der Waals surface area contributed by atoms with Crippen LogP contribution in [-0.2, 0) is 6.54 Å². The minimum atomic E-state index is 0.200. The molecule has 6 rings (SSSR count). The number of nitrogens with zero attached hydrogens (tertiary/aromatic N) is 7. The third kappa shape index (κ3) is 7.28. The second-order valence-electron chi connectivity index (χ2n) is 11.6. The summed E-state index contributed by atoms with van der Waals surface area (Å²) in [5, 5.41) is 13.6. The van der Waals surface area contributed by atoms with Gasteiger partial charge in [0.25, 0.3) is 0 Å². The largest absolute Gasteiger partial charge is 0.299 e. The molecule has 0 saturated carbocycles. The van der Waals surface area contributed by atoms with Gasteiger partial charge < -0.3 is 0 Å². The fraction of sp³-hybridized carbons (Fsp3) is 0.441. The van der Waals surface area contributed by atoms with Crippen molar-refractivity contribution < 1.29 is 0 Å². The number of tetrazole rings is 1. The Morgan fingerprint density at radius 3 is 2.34 bits per heavy atom. The van der Waals surface area contributed by atoms with Gasteiger partial charge in [0.05, 0.1) is 12.1 Å². The fourth-order valence-electron chi connectivity index (χ4n) is 6.60. The lowest BCUT2D eigenvalue weighted by molar-refractivity contribution is 0.0722. The molecule has 2 atom stereocenters. The number of piperidine rings is 1. The molecule has 3 heterocycles. The molecule has 214 valence electrons. The van der Waals surface area contributed by atoms with Gasteiger partial charge in [-0.05, 0) is 47.2 Å². The van der Waals surface area contributed by atoms with E-state index in [9.17, 15) is 0 Å². The third-order valence-electron chi connectivity index (χ3n) is 8.89. The first-order chi connectivity index (χ1) is 20.3. The SMILES string of the molecule is C1=CCCC([C@@H](c2nnnn2C2CCN(Cc3ccccc3)CC2)N2CCN(C/C=C/c3ccccc3)CC2)C=C1. The van der Waals surface area contributed by atoms with Crippen molar-refractivity contribution in [2.75, 3.05) is 45.8 Å². The summed E-state index contributed by atoms with van der Waals surface area (Å²) in [4.78, 5) is 7.78. The zero-order valence-electron chi connectivity index (χ0n) is 24.1. The highest BCUT2D eigenvalue weighted by Crippen LogP contribution is 2.36. The molecule has 0 N–H and O–H groups in total. The van der Waals surface area contributed by atoms with E-state index in [1.165, 1.54) is 11.1 Å². The minimum absolute atomic E-state index is 0.200. The summed E-state index contributed by atoms with van der Waals surface area (Å²) in [6.07, 6.45) is 18.0. The summed E-state index contributed by atoms with van der Waals surface area (Å²) in [5.41, 5.74) is 2.65. The van der Waals surface area contributed by atoms with E-state index >= 15 is 0 Å². The normalized spacial score (nSPS) is 22.3. The highest BCUT2D eigenvalue weighted by atomic mass is 15.6. The molecular formula is C34H43N7. The number of piperazine rings is 1. The number of rotatable bonds is 9. The van der Waals surface area contributed by atoms with Crippen LogP contribution in [0.2, 0.25) is 0 Å². The summed E-state index contributed by atoms with van der Waals surface area (Å²) in [7, 11) is 0. The standard InChI is InChI=1S/C34H43N7/c1-2-10-18-31(17-9-1)33(40-26-24-38(25-27-40)21-11-16-29-12-5-3-6-13-29)34-35-36-37-41(34)32-19-22-39(23-20-32)28-30-14-7-4-8-15-30/h1-9,11-17,31-33H,10,18-28H2/b16-11+/t31?,33-/m0/s1. The summed E-state index contributed by atoms with van der Waals surface area (Å²) in [6, 6.07) is 21.9. The van der Waals surface area contributed by atoms with E-state index in [1.807, 2.05) is 0 Å². The van der Waals surface area contributed by atoms with Crippen molar-refractivity contribution in [3.8, 4) is 0 Å². The van der Waals surface area contributed by atoms with Crippen molar-refractivity contribution in [1.82, 2.24) is 34.9 Å². The molecule has 2 fully saturated rings. The van der Waals surface area contributed by atoms with Gasteiger partial charge in [-0.15, -0.1) is 5.10 Å². The molecule has 1 aliphatic carbocycles. The van der Waals surface area contributed by atoms with Gasteiger partial charge in [0, 0.05) is 58.3 Å². The molecule has 2 saturated heterocycles. The Kier molecular flexibility index (Phi) is 9.47. The lowest BCUT2D eigenvalue weighted by Crippen LogP contribution is -2.49. The number of hydrogen-bond acceptors (Lipinski definition) is 6. The van der Waals surface area contributed by atoms with Gasteiger partial charge in [0.1, 0.15) is 0 Å². The average Bonchev–Trinajstić information content (AvgIpc) is 3.34. The van der Waals surface area contributed by atoms with Crippen LogP contribution in [0.1, 0.15) is 54.7 Å². The van der Waals surface area contributed by atoms with Crippen molar-refractivity contribution in [3.05, 3.63) is 108 Å². The number of aromatic nitrogens is 4. The molecule has 0 radical (unpaired) electrons. The van der Waals surface area contributed by atoms with E-state index < -0.39 is 0 Å². The first-order valence-corrected chi connectivity index (χ1v) is 15.4. The van der Waals surface area contributed by atoms with Crippen molar-refractivity contribution >= 4 is 6.08 Å². The lowest BCUT2D eigenvalue weighted by atomic mass is 9.91. The van der Waals surface area contributed by atoms with Crippen LogP contribution in [0.25, 0.3) is 6.08 Å². The van der Waals surface area contributed by atoms with E-state index in [0.717, 1.165) is 83.9 Å². The molecule has 2 aliphatic heterocycles. The average molecular weight is 550 g/mol. The molecule has 2 aromatic carbocycles. The van der Waals surface area contributed by atoms with E-state index in [4.69, 9.17) is 5.10 Å². The zero-order chi connectivity index (χ0) is 27.7. The molecule has 1 aromatic heterocycles. The Morgan fingerprint density at radius 1 is 0.805 bits per heavy atom. The van der Waals surface area contributed by atoms with Gasteiger partial charge in [-0.3, -0.25) is 14.7 Å². The Bertz CT molecular complexity index is 1280. The van der Waals surface area contributed by atoms with Crippen molar-refractivity contribution in [3.63, 3.8) is 0 Å². The van der Waals surface area contributed by atoms with Crippen LogP contribution in [0.3, 0.4) is 0 Å². The van der Waals surface area contributed by atoms with Gasteiger partial charge in [0.15, 0.2) is 5.82 Å². The Balaban J connectivity index is 1.12. The lowest BCUT2D eigenvalue weighted by Gasteiger charge is -2.41. The molecular weight excluding hydrogens is 506 g/mol. The van der Waals surface area contributed by atoms with Gasteiger partial charge in [-0.1, -0.05) is 97.1 Å². The quantitative estimate of drug-likeness (QED) is 0.356. The molecule has 3 aliphatic rings. The number of allylic oxidation sites excluding steroid dienone is 3.